The topological polar surface area (TPSA) is 44.4 Å². The van der Waals surface area contributed by atoms with Gasteiger partial charge in [-0.3, -0.25) is 4.79 Å². The number of benzene rings is 1. The van der Waals surface area contributed by atoms with Gasteiger partial charge in [0.1, 0.15) is 0 Å². The third-order valence-corrected chi connectivity index (χ3v) is 4.56. The van der Waals surface area contributed by atoms with E-state index in [0.717, 1.165) is 44.6 Å². The molecular weight excluding hydrogens is 333 g/mol. The van der Waals surface area contributed by atoms with Crippen molar-refractivity contribution in [2.75, 3.05) is 19.6 Å². The van der Waals surface area contributed by atoms with Crippen molar-refractivity contribution >= 4 is 30.7 Å². The van der Waals surface area contributed by atoms with Crippen LogP contribution in [0.5, 0.6) is 0 Å². The van der Waals surface area contributed by atoms with Gasteiger partial charge < -0.3 is 15.5 Å². The summed E-state index contributed by atoms with van der Waals surface area (Å²) in [5, 5.41) is 6.52. The number of carbonyl (C=O) groups excluding carboxylic acids is 1. The highest BCUT2D eigenvalue weighted by Crippen LogP contribution is 2.18. The number of carbonyl (C=O) groups is 1. The van der Waals surface area contributed by atoms with Crippen molar-refractivity contribution in [3.8, 4) is 0 Å². The van der Waals surface area contributed by atoms with E-state index in [0.29, 0.717) is 6.04 Å². The number of piperidine rings is 1. The summed E-state index contributed by atoms with van der Waals surface area (Å²) in [7, 11) is 0. The van der Waals surface area contributed by atoms with Crippen LogP contribution in [0.1, 0.15) is 47.7 Å². The summed E-state index contributed by atoms with van der Waals surface area (Å²) in [6.07, 6.45) is 3.34. The number of hydrogen-bond donors (Lipinski definition) is 2. The molecule has 0 spiro atoms. The van der Waals surface area contributed by atoms with E-state index >= 15 is 0 Å². The van der Waals surface area contributed by atoms with Gasteiger partial charge in [-0.25, -0.2) is 0 Å². The number of halogens is 2. The summed E-state index contributed by atoms with van der Waals surface area (Å²) >= 11 is 0. The molecule has 2 heterocycles. The second-order valence-corrected chi connectivity index (χ2v) is 6.18. The number of rotatable bonds is 4. The molecule has 6 heteroatoms. The Hall–Kier alpha value is -0.810. The van der Waals surface area contributed by atoms with Crippen molar-refractivity contribution < 1.29 is 4.79 Å². The molecular formula is C17H27Cl2N3O. The van der Waals surface area contributed by atoms with Crippen LogP contribution in [-0.4, -0.2) is 36.5 Å². The SMILES string of the molecule is CCCN1CCC(NC(=O)c2ccc3c(c2)CNC3)CC1.Cl.Cl. The zero-order valence-corrected chi connectivity index (χ0v) is 15.3. The summed E-state index contributed by atoms with van der Waals surface area (Å²) in [4.78, 5) is 14.9. The maximum Gasteiger partial charge on any atom is 0.251 e. The van der Waals surface area contributed by atoms with Crippen LogP contribution < -0.4 is 10.6 Å². The van der Waals surface area contributed by atoms with Crippen LogP contribution in [-0.2, 0) is 13.1 Å². The van der Waals surface area contributed by atoms with Crippen molar-refractivity contribution in [2.24, 2.45) is 0 Å². The summed E-state index contributed by atoms with van der Waals surface area (Å²) in [6, 6.07) is 6.40. The number of fused-ring (bicyclic) bond motifs is 1. The van der Waals surface area contributed by atoms with Crippen LogP contribution in [0.4, 0.5) is 0 Å². The van der Waals surface area contributed by atoms with Crippen LogP contribution in [0.2, 0.25) is 0 Å². The van der Waals surface area contributed by atoms with Crippen LogP contribution >= 0.6 is 24.8 Å². The van der Waals surface area contributed by atoms with E-state index in [2.05, 4.69) is 28.5 Å². The van der Waals surface area contributed by atoms with Crippen LogP contribution in [0.3, 0.4) is 0 Å². The van der Waals surface area contributed by atoms with Crippen molar-refractivity contribution in [3.05, 3.63) is 34.9 Å². The molecule has 1 aromatic rings. The Bertz CT molecular complexity index is 517. The van der Waals surface area contributed by atoms with Gasteiger partial charge >= 0.3 is 0 Å². The first kappa shape index (κ1) is 20.2. The van der Waals surface area contributed by atoms with Crippen molar-refractivity contribution in [1.29, 1.82) is 0 Å². The van der Waals surface area contributed by atoms with Gasteiger partial charge in [-0.2, -0.15) is 0 Å². The highest BCUT2D eigenvalue weighted by atomic mass is 35.5. The molecule has 1 amide bonds. The fourth-order valence-corrected chi connectivity index (χ4v) is 3.32. The number of amides is 1. The second-order valence-electron chi connectivity index (χ2n) is 6.18. The zero-order valence-electron chi connectivity index (χ0n) is 13.6. The van der Waals surface area contributed by atoms with E-state index in [1.54, 1.807) is 0 Å². The minimum absolute atomic E-state index is 0. The van der Waals surface area contributed by atoms with Gasteiger partial charge in [0.05, 0.1) is 0 Å². The Balaban J connectivity index is 0.00000132. The molecule has 23 heavy (non-hydrogen) atoms. The Morgan fingerprint density at radius 2 is 1.91 bits per heavy atom. The molecule has 0 atom stereocenters. The molecule has 2 aliphatic heterocycles. The molecule has 1 aromatic carbocycles. The minimum atomic E-state index is 0. The Morgan fingerprint density at radius 3 is 2.61 bits per heavy atom. The fraction of sp³-hybridized carbons (Fsp3) is 0.588. The first-order valence-corrected chi connectivity index (χ1v) is 8.12. The van der Waals surface area contributed by atoms with Crippen molar-refractivity contribution in [2.45, 2.75) is 45.3 Å². The Morgan fingerprint density at radius 1 is 1.22 bits per heavy atom. The summed E-state index contributed by atoms with van der Waals surface area (Å²) in [5.41, 5.74) is 3.38. The van der Waals surface area contributed by atoms with Gasteiger partial charge in [-0.1, -0.05) is 13.0 Å². The van der Waals surface area contributed by atoms with Gasteiger partial charge in [-0.15, -0.1) is 24.8 Å². The maximum absolute atomic E-state index is 12.4. The molecule has 130 valence electrons. The lowest BCUT2D eigenvalue weighted by Crippen LogP contribution is -2.44. The Kier molecular flexibility index (Phi) is 8.34. The lowest BCUT2D eigenvalue weighted by atomic mass is 10.0. The average Bonchev–Trinajstić information content (AvgIpc) is 2.97. The highest BCUT2D eigenvalue weighted by molar-refractivity contribution is 5.94. The summed E-state index contributed by atoms with van der Waals surface area (Å²) in [5.74, 6) is 0.0821. The monoisotopic (exact) mass is 359 g/mol. The molecule has 3 rings (SSSR count). The van der Waals surface area contributed by atoms with Gasteiger partial charge in [0.2, 0.25) is 0 Å². The largest absolute Gasteiger partial charge is 0.349 e. The fourth-order valence-electron chi connectivity index (χ4n) is 3.32. The zero-order chi connectivity index (χ0) is 14.7. The van der Waals surface area contributed by atoms with Gasteiger partial charge in [-0.05, 0) is 49.1 Å². The smallest absolute Gasteiger partial charge is 0.251 e. The molecule has 1 saturated heterocycles. The summed E-state index contributed by atoms with van der Waals surface area (Å²) < 4.78 is 0. The maximum atomic E-state index is 12.4. The molecule has 2 aliphatic rings. The number of nitrogens with one attached hydrogen (secondary N) is 2. The molecule has 0 saturated carbocycles. The normalized spacial score (nSPS) is 17.8. The lowest BCUT2D eigenvalue weighted by Gasteiger charge is -2.32. The molecule has 0 aromatic heterocycles. The molecule has 2 N–H and O–H groups in total. The predicted octanol–water partition coefficient (Wildman–Crippen LogP) is 2.74. The van der Waals surface area contributed by atoms with Gasteiger partial charge in [0, 0.05) is 37.8 Å². The first-order chi connectivity index (χ1) is 10.3. The molecule has 1 fully saturated rings. The number of hydrogen-bond acceptors (Lipinski definition) is 3. The van der Waals surface area contributed by atoms with Gasteiger partial charge in [0.25, 0.3) is 5.91 Å². The van der Waals surface area contributed by atoms with Crippen molar-refractivity contribution in [1.82, 2.24) is 15.5 Å². The molecule has 4 nitrogen and oxygen atoms in total. The summed E-state index contributed by atoms with van der Waals surface area (Å²) in [6.45, 7) is 7.41. The minimum Gasteiger partial charge on any atom is -0.349 e. The molecule has 0 aliphatic carbocycles. The third-order valence-electron chi connectivity index (χ3n) is 4.56. The van der Waals surface area contributed by atoms with E-state index in [9.17, 15) is 4.79 Å². The number of nitrogens with zero attached hydrogens (tertiary/aromatic N) is 1. The highest BCUT2D eigenvalue weighted by Gasteiger charge is 2.21. The number of likely N-dealkylation sites (tertiary alicyclic amines) is 1. The van der Waals surface area contributed by atoms with E-state index in [4.69, 9.17) is 0 Å². The molecule has 0 unspecified atom stereocenters. The first-order valence-electron chi connectivity index (χ1n) is 8.12. The predicted molar refractivity (Wildman–Crippen MR) is 98.7 cm³/mol. The molecule has 0 radical (unpaired) electrons. The standard InChI is InChI=1S/C17H25N3O.2ClH/c1-2-7-20-8-5-16(6-9-20)19-17(21)13-3-4-14-11-18-12-15(14)10-13;;/h3-4,10,16,18H,2,5-9,11-12H2,1H3,(H,19,21);2*1H. The quantitative estimate of drug-likeness (QED) is 0.868. The van der Waals surface area contributed by atoms with E-state index in [1.165, 1.54) is 24.1 Å². The average molecular weight is 360 g/mol. The van der Waals surface area contributed by atoms with Crippen LogP contribution in [0, 0.1) is 0 Å². The van der Waals surface area contributed by atoms with E-state index in [-0.39, 0.29) is 30.7 Å². The second kappa shape index (κ2) is 9.48. The van der Waals surface area contributed by atoms with Crippen LogP contribution in [0.15, 0.2) is 18.2 Å². The van der Waals surface area contributed by atoms with Crippen molar-refractivity contribution in [3.63, 3.8) is 0 Å². The Labute approximate surface area is 151 Å². The van der Waals surface area contributed by atoms with E-state index in [1.807, 2.05) is 12.1 Å². The van der Waals surface area contributed by atoms with E-state index < -0.39 is 0 Å². The lowest BCUT2D eigenvalue weighted by molar-refractivity contribution is 0.0911. The van der Waals surface area contributed by atoms with Crippen LogP contribution in [0.25, 0.3) is 0 Å². The van der Waals surface area contributed by atoms with Gasteiger partial charge in [0.15, 0.2) is 0 Å². The molecule has 0 bridgehead atoms. The third kappa shape index (κ3) is 5.08.